The average Bonchev–Trinajstić information content (AvgIpc) is 2.19. The Labute approximate surface area is 85.8 Å². The van der Waals surface area contributed by atoms with E-state index < -0.39 is 0 Å². The Morgan fingerprint density at radius 1 is 1.43 bits per heavy atom. The molecule has 0 aromatic rings. The van der Waals surface area contributed by atoms with E-state index in [2.05, 4.69) is 18.7 Å². The van der Waals surface area contributed by atoms with Gasteiger partial charge in [0.1, 0.15) is 0 Å². The molecule has 1 heterocycles. The first kappa shape index (κ1) is 11.5. The molecule has 0 spiro atoms. The second-order valence-electron chi connectivity index (χ2n) is 4.00. The Morgan fingerprint density at radius 3 is 2.50 bits per heavy atom. The summed E-state index contributed by atoms with van der Waals surface area (Å²) in [5, 5.41) is 0. The van der Waals surface area contributed by atoms with Crippen molar-refractivity contribution in [2.24, 2.45) is 0 Å². The number of rotatable bonds is 3. The van der Waals surface area contributed by atoms with E-state index in [-0.39, 0.29) is 5.91 Å². The Morgan fingerprint density at radius 2 is 2.00 bits per heavy atom. The summed E-state index contributed by atoms with van der Waals surface area (Å²) >= 11 is 0. The monoisotopic (exact) mass is 200 g/mol. The molecule has 0 atom stereocenters. The summed E-state index contributed by atoms with van der Waals surface area (Å²) in [5.41, 5.74) is 0. The molecule has 1 aliphatic heterocycles. The van der Waals surface area contributed by atoms with Crippen LogP contribution in [0.25, 0.3) is 0 Å². The second kappa shape index (κ2) is 5.32. The van der Waals surface area contributed by atoms with Crippen LogP contribution in [0.4, 0.5) is 0 Å². The lowest BCUT2D eigenvalue weighted by atomic mass is 10.3. The second-order valence-corrected chi connectivity index (χ2v) is 4.00. The fourth-order valence-electron chi connectivity index (χ4n) is 1.31. The molecule has 14 heavy (non-hydrogen) atoms. The van der Waals surface area contributed by atoms with Gasteiger partial charge in [-0.15, -0.1) is 0 Å². The molecule has 1 fully saturated rings. The molecule has 0 saturated carbocycles. The van der Waals surface area contributed by atoms with Gasteiger partial charge in [0.25, 0.3) is 0 Å². The van der Waals surface area contributed by atoms with Crippen molar-refractivity contribution in [2.45, 2.75) is 19.9 Å². The smallest absolute Gasteiger partial charge is 0.236 e. The van der Waals surface area contributed by atoms with Crippen LogP contribution in [-0.4, -0.2) is 61.6 Å². The maximum Gasteiger partial charge on any atom is 0.236 e. The summed E-state index contributed by atoms with van der Waals surface area (Å²) in [4.78, 5) is 15.7. The first-order valence-electron chi connectivity index (χ1n) is 5.17. The summed E-state index contributed by atoms with van der Waals surface area (Å²) in [5.74, 6) is 0.213. The Bertz CT molecular complexity index is 189. The van der Waals surface area contributed by atoms with Crippen molar-refractivity contribution < 1.29 is 9.53 Å². The summed E-state index contributed by atoms with van der Waals surface area (Å²) in [6, 6.07) is 0.417. The van der Waals surface area contributed by atoms with Gasteiger partial charge >= 0.3 is 0 Å². The van der Waals surface area contributed by atoms with Crippen molar-refractivity contribution in [3.8, 4) is 0 Å². The molecule has 1 amide bonds. The van der Waals surface area contributed by atoms with Crippen molar-refractivity contribution >= 4 is 5.91 Å². The normalized spacial score (nSPS) is 17.9. The van der Waals surface area contributed by atoms with Crippen LogP contribution in [0, 0.1) is 0 Å². The van der Waals surface area contributed by atoms with Crippen LogP contribution in [0.1, 0.15) is 13.8 Å². The molecule has 0 radical (unpaired) electrons. The number of nitrogens with zero attached hydrogens (tertiary/aromatic N) is 2. The Kier molecular flexibility index (Phi) is 4.35. The lowest BCUT2D eigenvalue weighted by Crippen LogP contribution is -2.46. The lowest BCUT2D eigenvalue weighted by molar-refractivity contribution is -0.136. The molecule has 82 valence electrons. The van der Waals surface area contributed by atoms with Crippen molar-refractivity contribution in [3.63, 3.8) is 0 Å². The van der Waals surface area contributed by atoms with Crippen LogP contribution < -0.4 is 0 Å². The number of ether oxygens (including phenoxy) is 1. The van der Waals surface area contributed by atoms with E-state index in [1.54, 1.807) is 0 Å². The number of carbonyl (C=O) groups is 1. The molecular weight excluding hydrogens is 180 g/mol. The van der Waals surface area contributed by atoms with Gasteiger partial charge in [-0.05, 0) is 20.9 Å². The van der Waals surface area contributed by atoms with Gasteiger partial charge in [0.15, 0.2) is 0 Å². The minimum atomic E-state index is 0.213. The first-order valence-corrected chi connectivity index (χ1v) is 5.17. The van der Waals surface area contributed by atoms with Gasteiger partial charge in [-0.2, -0.15) is 0 Å². The highest BCUT2D eigenvalue weighted by Crippen LogP contribution is 2.00. The molecule has 0 aromatic heterocycles. The quantitative estimate of drug-likeness (QED) is 0.652. The number of likely N-dealkylation sites (N-methyl/N-ethyl adjacent to an activating group) is 1. The largest absolute Gasteiger partial charge is 0.378 e. The summed E-state index contributed by atoms with van der Waals surface area (Å²) in [6.45, 7) is 7.53. The molecule has 1 rings (SSSR count). The Balaban J connectivity index is 2.33. The zero-order valence-corrected chi connectivity index (χ0v) is 9.32. The SMILES string of the molecule is CC(C)N(C)CC(=O)N1CCOCC1. The van der Waals surface area contributed by atoms with Crippen LogP contribution in [0.3, 0.4) is 0 Å². The van der Waals surface area contributed by atoms with Crippen LogP contribution in [0.2, 0.25) is 0 Å². The van der Waals surface area contributed by atoms with Crippen LogP contribution >= 0.6 is 0 Å². The van der Waals surface area contributed by atoms with Crippen LogP contribution in [0.15, 0.2) is 0 Å². The zero-order chi connectivity index (χ0) is 10.6. The summed E-state index contributed by atoms with van der Waals surface area (Å²) in [7, 11) is 1.98. The molecule has 0 aromatic carbocycles. The minimum absolute atomic E-state index is 0.213. The highest BCUT2D eigenvalue weighted by Gasteiger charge is 2.18. The van der Waals surface area contributed by atoms with E-state index in [9.17, 15) is 4.79 Å². The van der Waals surface area contributed by atoms with Crippen molar-refractivity contribution in [3.05, 3.63) is 0 Å². The first-order chi connectivity index (χ1) is 6.61. The third-order valence-electron chi connectivity index (χ3n) is 2.63. The van der Waals surface area contributed by atoms with Gasteiger partial charge in [-0.3, -0.25) is 9.69 Å². The molecule has 0 unspecified atom stereocenters. The highest BCUT2D eigenvalue weighted by molar-refractivity contribution is 5.78. The van der Waals surface area contributed by atoms with Gasteiger partial charge in [0.05, 0.1) is 19.8 Å². The number of morpholine rings is 1. The van der Waals surface area contributed by atoms with Crippen LogP contribution in [-0.2, 0) is 9.53 Å². The molecule has 0 aliphatic carbocycles. The number of carbonyl (C=O) groups excluding carboxylic acids is 1. The topological polar surface area (TPSA) is 32.8 Å². The standard InChI is InChI=1S/C10H20N2O2/c1-9(2)11(3)8-10(13)12-4-6-14-7-5-12/h9H,4-8H2,1-3H3. The highest BCUT2D eigenvalue weighted by atomic mass is 16.5. The number of amides is 1. The predicted molar refractivity (Wildman–Crippen MR) is 55.2 cm³/mol. The van der Waals surface area contributed by atoms with E-state index in [0.717, 1.165) is 13.1 Å². The van der Waals surface area contributed by atoms with Gasteiger partial charge in [0, 0.05) is 19.1 Å². The van der Waals surface area contributed by atoms with Gasteiger partial charge < -0.3 is 9.64 Å². The number of hydrogen-bond acceptors (Lipinski definition) is 3. The molecule has 1 aliphatic rings. The fraction of sp³-hybridized carbons (Fsp3) is 0.900. The minimum Gasteiger partial charge on any atom is -0.378 e. The lowest BCUT2D eigenvalue weighted by Gasteiger charge is -2.29. The predicted octanol–water partition coefficient (Wildman–Crippen LogP) is 0.185. The fourth-order valence-corrected chi connectivity index (χ4v) is 1.31. The van der Waals surface area contributed by atoms with Gasteiger partial charge in [-0.25, -0.2) is 0 Å². The maximum absolute atomic E-state index is 11.7. The molecular formula is C10H20N2O2. The summed E-state index contributed by atoms with van der Waals surface area (Å²) < 4.78 is 5.19. The third kappa shape index (κ3) is 3.27. The van der Waals surface area contributed by atoms with Crippen molar-refractivity contribution in [1.82, 2.24) is 9.80 Å². The van der Waals surface area contributed by atoms with E-state index in [1.165, 1.54) is 0 Å². The van der Waals surface area contributed by atoms with Gasteiger partial charge in [0.2, 0.25) is 5.91 Å². The van der Waals surface area contributed by atoms with E-state index >= 15 is 0 Å². The van der Waals surface area contributed by atoms with Crippen molar-refractivity contribution in [2.75, 3.05) is 39.9 Å². The van der Waals surface area contributed by atoms with Gasteiger partial charge in [-0.1, -0.05) is 0 Å². The molecule has 1 saturated heterocycles. The van der Waals surface area contributed by atoms with Crippen LogP contribution in [0.5, 0.6) is 0 Å². The number of hydrogen-bond donors (Lipinski definition) is 0. The maximum atomic E-state index is 11.7. The molecule has 4 nitrogen and oxygen atoms in total. The Hall–Kier alpha value is -0.610. The average molecular weight is 200 g/mol. The van der Waals surface area contributed by atoms with E-state index in [0.29, 0.717) is 25.8 Å². The van der Waals surface area contributed by atoms with E-state index in [4.69, 9.17) is 4.74 Å². The van der Waals surface area contributed by atoms with E-state index in [1.807, 2.05) is 11.9 Å². The molecule has 4 heteroatoms. The summed E-state index contributed by atoms with van der Waals surface area (Å²) in [6.07, 6.45) is 0. The molecule has 0 bridgehead atoms. The molecule has 0 N–H and O–H groups in total. The third-order valence-corrected chi connectivity index (χ3v) is 2.63. The van der Waals surface area contributed by atoms with Crippen molar-refractivity contribution in [1.29, 1.82) is 0 Å². The zero-order valence-electron chi connectivity index (χ0n) is 9.32.